The summed E-state index contributed by atoms with van der Waals surface area (Å²) < 4.78 is 10.6. The van der Waals surface area contributed by atoms with Crippen LogP contribution < -0.4 is 14.8 Å². The molecule has 0 saturated carbocycles. The summed E-state index contributed by atoms with van der Waals surface area (Å²) in [4.78, 5) is 2.27. The lowest BCUT2D eigenvalue weighted by molar-refractivity contribution is 0.254. The van der Waals surface area contributed by atoms with Crippen LogP contribution in [0.5, 0.6) is 11.5 Å². The van der Waals surface area contributed by atoms with Gasteiger partial charge in [0.25, 0.3) is 0 Å². The van der Waals surface area contributed by atoms with Crippen molar-refractivity contribution in [1.29, 1.82) is 0 Å². The van der Waals surface area contributed by atoms with Gasteiger partial charge in [0.05, 0.1) is 14.2 Å². The Balaban J connectivity index is 2.98. The highest BCUT2D eigenvalue weighted by Gasteiger charge is 2.21. The molecule has 0 heterocycles. The van der Waals surface area contributed by atoms with Crippen LogP contribution in [0.2, 0.25) is 0 Å². The van der Waals surface area contributed by atoms with Crippen LogP contribution in [0.3, 0.4) is 0 Å². The van der Waals surface area contributed by atoms with Crippen LogP contribution >= 0.6 is 12.2 Å². The molecule has 0 aliphatic heterocycles. The average molecular weight is 324 g/mol. The van der Waals surface area contributed by atoms with Gasteiger partial charge in [0.2, 0.25) is 0 Å². The van der Waals surface area contributed by atoms with Crippen LogP contribution in [0.1, 0.15) is 40.5 Å². The SMILES string of the molecule is CCC(C)N(C(=S)Nc1cc(OC)cc(OC)c1)C(C)CC. The van der Waals surface area contributed by atoms with Crippen molar-refractivity contribution in [3.05, 3.63) is 18.2 Å². The van der Waals surface area contributed by atoms with Gasteiger partial charge >= 0.3 is 0 Å². The molecule has 2 unspecified atom stereocenters. The third-order valence-electron chi connectivity index (χ3n) is 3.97. The summed E-state index contributed by atoms with van der Waals surface area (Å²) >= 11 is 5.63. The van der Waals surface area contributed by atoms with E-state index in [2.05, 4.69) is 37.9 Å². The van der Waals surface area contributed by atoms with Gasteiger partial charge in [-0.25, -0.2) is 0 Å². The fraction of sp³-hybridized carbons (Fsp3) is 0.588. The molecule has 0 aliphatic carbocycles. The Kier molecular flexibility index (Phi) is 7.45. The van der Waals surface area contributed by atoms with Gasteiger partial charge in [0.15, 0.2) is 5.11 Å². The molecule has 0 saturated heterocycles. The summed E-state index contributed by atoms with van der Waals surface area (Å²) in [6.07, 6.45) is 2.10. The molecule has 0 aliphatic rings. The van der Waals surface area contributed by atoms with E-state index in [1.54, 1.807) is 14.2 Å². The lowest BCUT2D eigenvalue weighted by Crippen LogP contribution is -2.46. The van der Waals surface area contributed by atoms with Crippen molar-refractivity contribution in [1.82, 2.24) is 4.90 Å². The van der Waals surface area contributed by atoms with E-state index in [-0.39, 0.29) is 0 Å². The van der Waals surface area contributed by atoms with E-state index in [1.165, 1.54) is 0 Å². The second-order valence-electron chi connectivity index (χ2n) is 5.45. The minimum atomic E-state index is 0.391. The molecule has 124 valence electrons. The average Bonchev–Trinajstić information content (AvgIpc) is 2.53. The normalized spacial score (nSPS) is 13.2. The Labute approximate surface area is 139 Å². The molecule has 0 amide bonds. The third-order valence-corrected chi connectivity index (χ3v) is 4.28. The predicted molar refractivity (Wildman–Crippen MR) is 97.1 cm³/mol. The van der Waals surface area contributed by atoms with Gasteiger partial charge in [-0.3, -0.25) is 0 Å². The molecule has 2 atom stereocenters. The molecular formula is C17H28N2O2S. The maximum Gasteiger partial charge on any atom is 0.173 e. The van der Waals surface area contributed by atoms with Crippen LogP contribution in [-0.4, -0.2) is 36.3 Å². The maximum atomic E-state index is 5.63. The van der Waals surface area contributed by atoms with Crippen LogP contribution in [0.15, 0.2) is 18.2 Å². The number of thiocarbonyl (C=S) groups is 1. The summed E-state index contributed by atoms with van der Waals surface area (Å²) in [6, 6.07) is 6.46. The lowest BCUT2D eigenvalue weighted by atomic mass is 10.1. The minimum Gasteiger partial charge on any atom is -0.497 e. The Bertz CT molecular complexity index is 461. The van der Waals surface area contributed by atoms with Gasteiger partial charge < -0.3 is 19.7 Å². The molecule has 0 spiro atoms. The van der Waals surface area contributed by atoms with E-state index < -0.39 is 0 Å². The van der Waals surface area contributed by atoms with Gasteiger partial charge in [0.1, 0.15) is 11.5 Å². The standard InChI is InChI=1S/C17H28N2O2S/c1-7-12(3)19(13(4)8-2)17(22)18-14-9-15(20-5)11-16(10-14)21-6/h9-13H,7-8H2,1-6H3,(H,18,22). The summed E-state index contributed by atoms with van der Waals surface area (Å²) in [5, 5.41) is 4.05. The zero-order chi connectivity index (χ0) is 16.7. The molecule has 22 heavy (non-hydrogen) atoms. The fourth-order valence-corrected chi connectivity index (χ4v) is 2.77. The molecule has 4 nitrogen and oxygen atoms in total. The first-order valence-corrected chi connectivity index (χ1v) is 8.19. The number of rotatable bonds is 7. The van der Waals surface area contributed by atoms with Crippen LogP contribution in [0, 0.1) is 0 Å². The second-order valence-corrected chi connectivity index (χ2v) is 5.84. The van der Waals surface area contributed by atoms with Crippen molar-refractivity contribution in [2.24, 2.45) is 0 Å². The highest BCUT2D eigenvalue weighted by molar-refractivity contribution is 7.80. The highest BCUT2D eigenvalue weighted by Crippen LogP contribution is 2.26. The molecule has 0 bridgehead atoms. The summed E-state index contributed by atoms with van der Waals surface area (Å²) in [5.74, 6) is 1.48. The van der Waals surface area contributed by atoms with Crippen molar-refractivity contribution < 1.29 is 9.47 Å². The quantitative estimate of drug-likeness (QED) is 0.756. The van der Waals surface area contributed by atoms with E-state index >= 15 is 0 Å². The number of ether oxygens (including phenoxy) is 2. The number of methoxy groups -OCH3 is 2. The number of nitrogens with zero attached hydrogens (tertiary/aromatic N) is 1. The molecule has 1 aromatic rings. The van der Waals surface area contributed by atoms with Crippen molar-refractivity contribution in [3.8, 4) is 11.5 Å². The van der Waals surface area contributed by atoms with Crippen LogP contribution in [0.4, 0.5) is 5.69 Å². The van der Waals surface area contributed by atoms with Crippen LogP contribution in [0.25, 0.3) is 0 Å². The molecule has 1 aromatic carbocycles. The van der Waals surface area contributed by atoms with Crippen molar-refractivity contribution in [2.75, 3.05) is 19.5 Å². The second kappa shape index (κ2) is 8.83. The van der Waals surface area contributed by atoms with Gasteiger partial charge in [0, 0.05) is 36.0 Å². The minimum absolute atomic E-state index is 0.391. The van der Waals surface area contributed by atoms with Gasteiger partial charge in [-0.05, 0) is 38.9 Å². The van der Waals surface area contributed by atoms with Crippen LogP contribution in [-0.2, 0) is 0 Å². The topological polar surface area (TPSA) is 33.7 Å². The van der Waals surface area contributed by atoms with Gasteiger partial charge in [-0.1, -0.05) is 13.8 Å². The highest BCUT2D eigenvalue weighted by atomic mass is 32.1. The zero-order valence-corrected chi connectivity index (χ0v) is 15.3. The maximum absolute atomic E-state index is 5.63. The summed E-state index contributed by atoms with van der Waals surface area (Å²) in [5.41, 5.74) is 0.873. The summed E-state index contributed by atoms with van der Waals surface area (Å²) in [7, 11) is 3.28. The number of benzene rings is 1. The van der Waals surface area contributed by atoms with E-state index in [0.717, 1.165) is 35.1 Å². The van der Waals surface area contributed by atoms with Gasteiger partial charge in [-0.2, -0.15) is 0 Å². The van der Waals surface area contributed by atoms with E-state index in [1.807, 2.05) is 18.2 Å². The zero-order valence-electron chi connectivity index (χ0n) is 14.5. The third kappa shape index (κ3) is 4.77. The number of nitrogens with one attached hydrogen (secondary N) is 1. The fourth-order valence-electron chi connectivity index (χ4n) is 2.30. The van der Waals surface area contributed by atoms with Crippen molar-refractivity contribution in [2.45, 2.75) is 52.6 Å². The molecule has 0 aromatic heterocycles. The Morgan fingerprint density at radius 2 is 1.50 bits per heavy atom. The monoisotopic (exact) mass is 324 g/mol. The summed E-state index contributed by atoms with van der Waals surface area (Å²) in [6.45, 7) is 8.76. The largest absolute Gasteiger partial charge is 0.497 e. The lowest BCUT2D eigenvalue weighted by Gasteiger charge is -2.36. The van der Waals surface area contributed by atoms with E-state index in [4.69, 9.17) is 21.7 Å². The van der Waals surface area contributed by atoms with Crippen molar-refractivity contribution in [3.63, 3.8) is 0 Å². The molecule has 0 fully saturated rings. The molecular weight excluding hydrogens is 296 g/mol. The molecule has 1 N–H and O–H groups in total. The number of hydrogen-bond acceptors (Lipinski definition) is 3. The number of hydrogen-bond donors (Lipinski definition) is 1. The Hall–Kier alpha value is -1.49. The first kappa shape index (κ1) is 18.6. The Morgan fingerprint density at radius 3 is 1.86 bits per heavy atom. The van der Waals surface area contributed by atoms with Crippen molar-refractivity contribution >= 4 is 23.0 Å². The van der Waals surface area contributed by atoms with E-state index in [9.17, 15) is 0 Å². The van der Waals surface area contributed by atoms with Gasteiger partial charge in [-0.15, -0.1) is 0 Å². The first-order chi connectivity index (χ1) is 10.5. The Morgan fingerprint density at radius 1 is 1.05 bits per heavy atom. The molecule has 0 radical (unpaired) electrons. The molecule has 5 heteroatoms. The van der Waals surface area contributed by atoms with E-state index in [0.29, 0.717) is 12.1 Å². The molecule has 1 rings (SSSR count). The first-order valence-electron chi connectivity index (χ1n) is 7.79. The number of anilines is 1. The predicted octanol–water partition coefficient (Wildman–Crippen LogP) is 4.30. The smallest absolute Gasteiger partial charge is 0.173 e.